The molecule has 0 aliphatic carbocycles. The molecule has 0 aliphatic heterocycles. The lowest BCUT2D eigenvalue weighted by atomic mass is 10.2. The summed E-state index contributed by atoms with van der Waals surface area (Å²) in [6, 6.07) is 0. The van der Waals surface area contributed by atoms with E-state index in [1.807, 2.05) is 13.8 Å². The first-order valence-electron chi connectivity index (χ1n) is 6.74. The van der Waals surface area contributed by atoms with Gasteiger partial charge in [-0.3, -0.25) is 14.3 Å². The summed E-state index contributed by atoms with van der Waals surface area (Å²) in [6.45, 7) is 5.81. The van der Waals surface area contributed by atoms with Crippen LogP contribution in [0.15, 0.2) is 9.59 Å². The van der Waals surface area contributed by atoms with Gasteiger partial charge in [0.05, 0.1) is 5.75 Å². The van der Waals surface area contributed by atoms with E-state index in [-0.39, 0.29) is 35.5 Å². The second-order valence-electron chi connectivity index (χ2n) is 5.19. The monoisotopic (exact) mass is 318 g/mol. The molecule has 0 bridgehead atoms. The molecule has 21 heavy (non-hydrogen) atoms. The quantitative estimate of drug-likeness (QED) is 0.629. The first-order chi connectivity index (χ1) is 9.68. The molecule has 1 aromatic rings. The second kappa shape index (κ2) is 6.79. The number of anilines is 2. The first kappa shape index (κ1) is 17.3. The number of nitrogens with two attached hydrogens (primary N) is 1. The van der Waals surface area contributed by atoms with Crippen molar-refractivity contribution >= 4 is 21.3 Å². The van der Waals surface area contributed by atoms with Crippen LogP contribution in [0.2, 0.25) is 0 Å². The third-order valence-corrected chi connectivity index (χ3v) is 4.65. The fraction of sp³-hybridized carbons (Fsp3) is 0.667. The zero-order valence-electron chi connectivity index (χ0n) is 12.5. The zero-order chi connectivity index (χ0) is 16.2. The number of hydrogen-bond acceptors (Lipinski definition) is 6. The van der Waals surface area contributed by atoms with E-state index in [4.69, 9.17) is 5.73 Å². The molecule has 0 saturated carbocycles. The van der Waals surface area contributed by atoms with E-state index < -0.39 is 21.1 Å². The topological polar surface area (TPSA) is 127 Å². The van der Waals surface area contributed by atoms with Gasteiger partial charge in [0.1, 0.15) is 11.5 Å². The van der Waals surface area contributed by atoms with Crippen molar-refractivity contribution in [2.75, 3.05) is 29.1 Å². The predicted octanol–water partition coefficient (Wildman–Crippen LogP) is -0.379. The van der Waals surface area contributed by atoms with E-state index in [2.05, 4.69) is 10.3 Å². The van der Waals surface area contributed by atoms with Crippen LogP contribution in [-0.2, 0) is 16.4 Å². The molecule has 0 aromatic carbocycles. The van der Waals surface area contributed by atoms with E-state index in [0.717, 1.165) is 0 Å². The lowest BCUT2D eigenvalue weighted by Gasteiger charge is -2.15. The molecule has 120 valence electrons. The SMILES string of the molecule is CCS(=O)(=O)CCNc1c(N)n(CC(C)C)c(=O)[nH]c1=O. The van der Waals surface area contributed by atoms with Crippen molar-refractivity contribution in [3.05, 3.63) is 20.8 Å². The Morgan fingerprint density at radius 2 is 1.95 bits per heavy atom. The van der Waals surface area contributed by atoms with Gasteiger partial charge in [-0.25, -0.2) is 13.2 Å². The molecule has 0 unspecified atom stereocenters. The van der Waals surface area contributed by atoms with Crippen molar-refractivity contribution in [1.82, 2.24) is 9.55 Å². The van der Waals surface area contributed by atoms with Crippen molar-refractivity contribution in [3.8, 4) is 0 Å². The minimum atomic E-state index is -3.14. The van der Waals surface area contributed by atoms with E-state index >= 15 is 0 Å². The third kappa shape index (κ3) is 4.62. The molecular weight excluding hydrogens is 296 g/mol. The Hall–Kier alpha value is -1.77. The lowest BCUT2D eigenvalue weighted by Crippen LogP contribution is -2.35. The predicted molar refractivity (Wildman–Crippen MR) is 83.4 cm³/mol. The number of hydrogen-bond donors (Lipinski definition) is 3. The Morgan fingerprint density at radius 3 is 2.48 bits per heavy atom. The molecule has 0 radical (unpaired) electrons. The Labute approximate surface area is 123 Å². The number of nitrogens with one attached hydrogen (secondary N) is 2. The standard InChI is InChI=1S/C12H22N4O4S/c1-4-21(19,20)6-5-14-9-10(13)16(7-8(2)3)12(18)15-11(9)17/h8,14H,4-7,13H2,1-3H3,(H,15,17,18). The van der Waals surface area contributed by atoms with Crippen LogP contribution in [0.3, 0.4) is 0 Å². The average Bonchev–Trinajstić information content (AvgIpc) is 2.38. The van der Waals surface area contributed by atoms with E-state index in [1.165, 1.54) is 4.57 Å². The van der Waals surface area contributed by atoms with Gasteiger partial charge in [0.15, 0.2) is 9.84 Å². The maximum Gasteiger partial charge on any atom is 0.330 e. The van der Waals surface area contributed by atoms with Gasteiger partial charge in [0.2, 0.25) is 0 Å². The number of aromatic amines is 1. The van der Waals surface area contributed by atoms with Crippen LogP contribution in [0.5, 0.6) is 0 Å². The van der Waals surface area contributed by atoms with Crippen LogP contribution < -0.4 is 22.3 Å². The Morgan fingerprint density at radius 1 is 1.33 bits per heavy atom. The second-order valence-corrected chi connectivity index (χ2v) is 7.66. The highest BCUT2D eigenvalue weighted by molar-refractivity contribution is 7.91. The highest BCUT2D eigenvalue weighted by Gasteiger charge is 2.14. The summed E-state index contributed by atoms with van der Waals surface area (Å²) in [5.41, 5.74) is 4.66. The van der Waals surface area contributed by atoms with Gasteiger partial charge in [0.25, 0.3) is 5.56 Å². The number of rotatable bonds is 7. The summed E-state index contributed by atoms with van der Waals surface area (Å²) in [7, 11) is -3.14. The van der Waals surface area contributed by atoms with Crippen LogP contribution in [0.25, 0.3) is 0 Å². The molecule has 1 rings (SSSR count). The molecule has 1 aromatic heterocycles. The summed E-state index contributed by atoms with van der Waals surface area (Å²) in [5, 5.41) is 2.70. The summed E-state index contributed by atoms with van der Waals surface area (Å²) in [6.07, 6.45) is 0. The largest absolute Gasteiger partial charge is 0.383 e. The molecule has 4 N–H and O–H groups in total. The fourth-order valence-corrected chi connectivity index (χ4v) is 2.48. The smallest absolute Gasteiger partial charge is 0.330 e. The number of nitrogens with zero attached hydrogens (tertiary/aromatic N) is 1. The lowest BCUT2D eigenvalue weighted by molar-refractivity contribution is 0.508. The third-order valence-electron chi connectivity index (χ3n) is 2.94. The molecule has 9 heteroatoms. The molecule has 0 saturated heterocycles. The van der Waals surface area contributed by atoms with Gasteiger partial charge >= 0.3 is 5.69 Å². The minimum Gasteiger partial charge on any atom is -0.383 e. The molecule has 8 nitrogen and oxygen atoms in total. The van der Waals surface area contributed by atoms with Crippen LogP contribution in [0.4, 0.5) is 11.5 Å². The van der Waals surface area contributed by atoms with E-state index in [1.54, 1.807) is 6.92 Å². The number of nitrogen functional groups attached to an aromatic ring is 1. The van der Waals surface area contributed by atoms with Crippen LogP contribution >= 0.6 is 0 Å². The normalized spacial score (nSPS) is 11.8. The summed E-state index contributed by atoms with van der Waals surface area (Å²) < 4.78 is 24.1. The molecular formula is C12H22N4O4S. The van der Waals surface area contributed by atoms with Crippen LogP contribution in [0.1, 0.15) is 20.8 Å². The molecule has 0 fully saturated rings. The van der Waals surface area contributed by atoms with Gasteiger partial charge < -0.3 is 11.1 Å². The van der Waals surface area contributed by atoms with E-state index in [9.17, 15) is 18.0 Å². The van der Waals surface area contributed by atoms with Crippen molar-refractivity contribution < 1.29 is 8.42 Å². The number of H-pyrrole nitrogens is 1. The highest BCUT2D eigenvalue weighted by atomic mass is 32.2. The van der Waals surface area contributed by atoms with Gasteiger partial charge in [-0.05, 0) is 5.92 Å². The number of aromatic nitrogens is 2. The fourth-order valence-electron chi connectivity index (χ4n) is 1.78. The van der Waals surface area contributed by atoms with Crippen molar-refractivity contribution in [1.29, 1.82) is 0 Å². The maximum absolute atomic E-state index is 11.8. The molecule has 1 heterocycles. The van der Waals surface area contributed by atoms with Gasteiger partial charge in [-0.1, -0.05) is 20.8 Å². The number of sulfone groups is 1. The summed E-state index contributed by atoms with van der Waals surface area (Å²) in [5.74, 6) is 0.120. The Bertz CT molecular complexity index is 703. The van der Waals surface area contributed by atoms with Gasteiger partial charge in [-0.15, -0.1) is 0 Å². The van der Waals surface area contributed by atoms with Crippen molar-refractivity contribution in [2.45, 2.75) is 27.3 Å². The van der Waals surface area contributed by atoms with Crippen molar-refractivity contribution in [2.24, 2.45) is 5.92 Å². The molecule has 0 spiro atoms. The molecule has 0 aliphatic rings. The van der Waals surface area contributed by atoms with E-state index in [0.29, 0.717) is 6.54 Å². The molecule has 0 amide bonds. The average molecular weight is 318 g/mol. The van der Waals surface area contributed by atoms with Gasteiger partial charge in [-0.2, -0.15) is 0 Å². The summed E-state index contributed by atoms with van der Waals surface area (Å²) in [4.78, 5) is 25.7. The van der Waals surface area contributed by atoms with Gasteiger partial charge in [0, 0.05) is 18.8 Å². The minimum absolute atomic E-state index is 0.0198. The van der Waals surface area contributed by atoms with Crippen LogP contribution in [-0.4, -0.2) is 36.0 Å². The van der Waals surface area contributed by atoms with Crippen molar-refractivity contribution in [3.63, 3.8) is 0 Å². The first-order valence-corrected chi connectivity index (χ1v) is 8.57. The molecule has 0 atom stereocenters. The maximum atomic E-state index is 11.8. The zero-order valence-corrected chi connectivity index (χ0v) is 13.3. The summed E-state index contributed by atoms with van der Waals surface area (Å²) >= 11 is 0. The Kier molecular flexibility index (Phi) is 5.59. The Balaban J connectivity index is 3.03. The highest BCUT2D eigenvalue weighted by Crippen LogP contribution is 2.11. The van der Waals surface area contributed by atoms with Crippen LogP contribution in [0, 0.1) is 5.92 Å².